The molecule has 2 atom stereocenters. The van der Waals surface area contributed by atoms with E-state index in [2.05, 4.69) is 4.52 Å². The van der Waals surface area contributed by atoms with Crippen LogP contribution in [0.25, 0.3) is 0 Å². The summed E-state index contributed by atoms with van der Waals surface area (Å²) in [5, 5.41) is 0. The number of halogens is 1. The summed E-state index contributed by atoms with van der Waals surface area (Å²) in [6.07, 6.45) is 4.81. The van der Waals surface area contributed by atoms with E-state index in [1.165, 1.54) is 18.2 Å². The summed E-state index contributed by atoms with van der Waals surface area (Å²) in [5.74, 6) is -0.189. The molecule has 0 heterocycles. The summed E-state index contributed by atoms with van der Waals surface area (Å²) in [7, 11) is -4.58. The summed E-state index contributed by atoms with van der Waals surface area (Å²) in [6, 6.07) is 0. The minimum Gasteiger partial charge on any atom is -0.405 e. The van der Waals surface area contributed by atoms with Crippen LogP contribution in [-0.4, -0.2) is 15.5 Å². The maximum Gasteiger partial charge on any atom is 0.524 e. The van der Waals surface area contributed by atoms with Crippen molar-refractivity contribution in [1.29, 1.82) is 0 Å². The Labute approximate surface area is 100 Å². The van der Waals surface area contributed by atoms with Gasteiger partial charge in [-0.1, -0.05) is 13.8 Å². The first-order valence-electron chi connectivity index (χ1n) is 5.48. The van der Waals surface area contributed by atoms with E-state index < -0.39 is 13.5 Å². The molecule has 0 bridgehead atoms. The fourth-order valence-corrected chi connectivity index (χ4v) is 2.51. The number of phosphoric acid groups is 1. The molecule has 6 heteroatoms. The number of rotatable bonds is 4. The molecule has 1 rings (SSSR count). The predicted molar refractivity (Wildman–Crippen MR) is 62.8 cm³/mol. The van der Waals surface area contributed by atoms with Crippen LogP contribution in [0.3, 0.4) is 0 Å². The van der Waals surface area contributed by atoms with Gasteiger partial charge in [-0.2, -0.15) is 0 Å². The molecule has 1 aliphatic rings. The Hall–Kier alpha value is -0.640. The highest BCUT2D eigenvalue weighted by Crippen LogP contribution is 2.48. The van der Waals surface area contributed by atoms with Crippen LogP contribution in [0.5, 0.6) is 0 Å². The highest BCUT2D eigenvalue weighted by molar-refractivity contribution is 7.46. The van der Waals surface area contributed by atoms with E-state index in [4.69, 9.17) is 9.79 Å². The Bertz CT molecular complexity index is 377. The smallest absolute Gasteiger partial charge is 0.405 e. The van der Waals surface area contributed by atoms with Crippen molar-refractivity contribution in [3.05, 3.63) is 24.0 Å². The van der Waals surface area contributed by atoms with E-state index in [1.54, 1.807) is 6.92 Å². The van der Waals surface area contributed by atoms with Crippen molar-refractivity contribution < 1.29 is 23.3 Å². The van der Waals surface area contributed by atoms with Gasteiger partial charge < -0.3 is 4.52 Å². The van der Waals surface area contributed by atoms with Crippen LogP contribution in [-0.2, 0) is 9.09 Å². The number of phosphoric ester groups is 1. The van der Waals surface area contributed by atoms with Crippen molar-refractivity contribution in [2.45, 2.75) is 32.9 Å². The van der Waals surface area contributed by atoms with Crippen LogP contribution in [0.15, 0.2) is 24.0 Å². The average Bonchev–Trinajstić information content (AvgIpc) is 2.22. The molecule has 17 heavy (non-hydrogen) atoms. The van der Waals surface area contributed by atoms with Crippen molar-refractivity contribution in [2.24, 2.45) is 11.8 Å². The van der Waals surface area contributed by atoms with Gasteiger partial charge in [-0.15, -0.1) is 0 Å². The first-order chi connectivity index (χ1) is 7.69. The van der Waals surface area contributed by atoms with Gasteiger partial charge in [0.05, 0.1) is 0 Å². The van der Waals surface area contributed by atoms with Crippen molar-refractivity contribution in [3.63, 3.8) is 0 Å². The first kappa shape index (κ1) is 14.4. The molecule has 1 saturated carbocycles. The Balaban J connectivity index is 2.73. The third-order valence-electron chi connectivity index (χ3n) is 3.23. The van der Waals surface area contributed by atoms with Gasteiger partial charge in [-0.3, -0.25) is 9.79 Å². The minimum absolute atomic E-state index is 0.0262. The first-order valence-corrected chi connectivity index (χ1v) is 7.01. The summed E-state index contributed by atoms with van der Waals surface area (Å²) in [6.45, 7) is 5.18. The van der Waals surface area contributed by atoms with Crippen LogP contribution in [0.4, 0.5) is 4.39 Å². The molecular formula is C11H18FO4P. The van der Waals surface area contributed by atoms with Gasteiger partial charge >= 0.3 is 7.82 Å². The van der Waals surface area contributed by atoms with Crippen molar-refractivity contribution >= 4 is 7.82 Å². The highest BCUT2D eigenvalue weighted by atomic mass is 31.2. The Morgan fingerprint density at radius 1 is 1.47 bits per heavy atom. The lowest BCUT2D eigenvalue weighted by molar-refractivity contribution is -0.0226. The maximum atomic E-state index is 14.3. The second-order valence-corrected chi connectivity index (χ2v) is 5.64. The molecule has 0 aromatic carbocycles. The van der Waals surface area contributed by atoms with Gasteiger partial charge in [-0.25, -0.2) is 8.96 Å². The van der Waals surface area contributed by atoms with Crippen LogP contribution in [0, 0.1) is 11.8 Å². The second kappa shape index (κ2) is 4.92. The minimum atomic E-state index is -4.58. The zero-order chi connectivity index (χ0) is 13.3. The van der Waals surface area contributed by atoms with E-state index in [1.807, 2.05) is 13.8 Å². The topological polar surface area (TPSA) is 66.8 Å². The maximum absolute atomic E-state index is 14.3. The molecule has 98 valence electrons. The van der Waals surface area contributed by atoms with Crippen molar-refractivity contribution in [3.8, 4) is 0 Å². The lowest BCUT2D eigenvalue weighted by Crippen LogP contribution is -2.47. The van der Waals surface area contributed by atoms with E-state index in [9.17, 15) is 8.96 Å². The molecule has 0 radical (unpaired) electrons. The van der Waals surface area contributed by atoms with Gasteiger partial charge in [-0.05, 0) is 43.4 Å². The molecule has 1 fully saturated rings. The van der Waals surface area contributed by atoms with Gasteiger partial charge in [0, 0.05) is 0 Å². The third-order valence-corrected chi connectivity index (χ3v) is 3.68. The second-order valence-electron chi connectivity index (χ2n) is 4.47. The number of hydrogen-bond acceptors (Lipinski definition) is 2. The molecule has 0 aromatic heterocycles. The summed E-state index contributed by atoms with van der Waals surface area (Å²) >= 11 is 0. The molecule has 0 spiro atoms. The van der Waals surface area contributed by atoms with E-state index in [0.29, 0.717) is 0 Å². The third kappa shape index (κ3) is 3.41. The summed E-state index contributed by atoms with van der Waals surface area (Å²) in [4.78, 5) is 17.3. The molecule has 0 amide bonds. The highest BCUT2D eigenvalue weighted by Gasteiger charge is 2.49. The monoisotopic (exact) mass is 264 g/mol. The standard InChI is InChI=1S/C11H18FO4P/c1-4-10(16-17(13,14)15)5-6-11(12)8(2)7-9(11)3/h4-6,8-9H,7H2,1-3H3,(H2,13,14,15)/b6-5-,10-4+. The molecule has 1 aliphatic carbocycles. The van der Waals surface area contributed by atoms with Crippen molar-refractivity contribution in [1.82, 2.24) is 0 Å². The molecule has 2 unspecified atom stereocenters. The zero-order valence-corrected chi connectivity index (χ0v) is 11.0. The van der Waals surface area contributed by atoms with Gasteiger partial charge in [0.25, 0.3) is 0 Å². The Morgan fingerprint density at radius 3 is 2.35 bits per heavy atom. The Morgan fingerprint density at radius 2 is 2.00 bits per heavy atom. The largest absolute Gasteiger partial charge is 0.524 e. The molecule has 0 aromatic rings. The van der Waals surface area contributed by atoms with Crippen LogP contribution in [0.1, 0.15) is 27.2 Å². The zero-order valence-electron chi connectivity index (χ0n) is 10.1. The molecule has 4 nitrogen and oxygen atoms in total. The average molecular weight is 264 g/mol. The van der Waals surface area contributed by atoms with E-state index in [0.717, 1.165) is 6.42 Å². The number of hydrogen-bond donors (Lipinski definition) is 2. The van der Waals surface area contributed by atoms with E-state index >= 15 is 0 Å². The number of allylic oxidation sites excluding steroid dienone is 3. The lowest BCUT2D eigenvalue weighted by atomic mass is 9.64. The van der Waals surface area contributed by atoms with E-state index in [-0.39, 0.29) is 17.6 Å². The predicted octanol–water partition coefficient (Wildman–Crippen LogP) is 2.94. The summed E-state index contributed by atoms with van der Waals surface area (Å²) < 4.78 is 29.3. The lowest BCUT2D eigenvalue weighted by Gasteiger charge is -2.45. The quantitative estimate of drug-likeness (QED) is 0.465. The Kier molecular flexibility index (Phi) is 4.18. The van der Waals surface area contributed by atoms with Gasteiger partial charge in [0.2, 0.25) is 0 Å². The molecule has 2 N–H and O–H groups in total. The molecule has 0 aliphatic heterocycles. The molecule has 0 saturated heterocycles. The normalized spacial score (nSPS) is 34.8. The molecular weight excluding hydrogens is 246 g/mol. The van der Waals surface area contributed by atoms with Gasteiger partial charge in [0.1, 0.15) is 11.4 Å². The fraction of sp³-hybridized carbons (Fsp3) is 0.636. The summed E-state index contributed by atoms with van der Waals surface area (Å²) in [5.41, 5.74) is -1.41. The fourth-order valence-electron chi connectivity index (χ4n) is 2.07. The van der Waals surface area contributed by atoms with Crippen LogP contribution < -0.4 is 0 Å². The SMILES string of the molecule is C/C=C(\C=C/C1(F)C(C)CC1C)OP(=O)(O)O. The van der Waals surface area contributed by atoms with Gasteiger partial charge in [0.15, 0.2) is 0 Å². The van der Waals surface area contributed by atoms with Crippen LogP contribution in [0.2, 0.25) is 0 Å². The van der Waals surface area contributed by atoms with Crippen LogP contribution >= 0.6 is 7.82 Å². The van der Waals surface area contributed by atoms with Crippen molar-refractivity contribution in [2.75, 3.05) is 0 Å². The number of alkyl halides is 1.